The number of halogens is 1. The third-order valence-electron chi connectivity index (χ3n) is 3.94. The molecule has 0 aromatic carbocycles. The Morgan fingerprint density at radius 1 is 1.50 bits per heavy atom. The van der Waals surface area contributed by atoms with Crippen molar-refractivity contribution in [1.82, 2.24) is 9.88 Å². The van der Waals surface area contributed by atoms with Gasteiger partial charge in [0.25, 0.3) is 0 Å². The number of hydrogen-bond donors (Lipinski definition) is 0. The molecule has 1 amide bonds. The van der Waals surface area contributed by atoms with E-state index in [2.05, 4.69) is 14.5 Å². The first kappa shape index (κ1) is 16.6. The molecular weight excluding hydrogens is 332 g/mol. The molecule has 24 heavy (non-hydrogen) atoms. The quantitative estimate of drug-likeness (QED) is 0.783. The Balaban J connectivity index is 1.80. The minimum Gasteiger partial charge on any atom is -0.441 e. The molecule has 2 heterocycles. The van der Waals surface area contributed by atoms with Crippen LogP contribution in [-0.4, -0.2) is 35.2 Å². The molecule has 1 fully saturated rings. The fraction of sp³-hybridized carbons (Fsp3) is 0.312. The van der Waals surface area contributed by atoms with Gasteiger partial charge < -0.3 is 9.26 Å². The van der Waals surface area contributed by atoms with E-state index in [1.165, 1.54) is 17.2 Å². The highest BCUT2D eigenvalue weighted by Gasteiger charge is 2.34. The number of rotatable bonds is 4. The van der Waals surface area contributed by atoms with Gasteiger partial charge in [0.15, 0.2) is 0 Å². The van der Waals surface area contributed by atoms with E-state index >= 15 is 0 Å². The summed E-state index contributed by atoms with van der Waals surface area (Å²) in [5, 5.41) is 8.76. The van der Waals surface area contributed by atoms with E-state index in [1.54, 1.807) is 12.1 Å². The van der Waals surface area contributed by atoms with Crippen LogP contribution < -0.4 is 0 Å². The Kier molecular flexibility index (Phi) is 4.89. The van der Waals surface area contributed by atoms with Gasteiger partial charge in [-0.1, -0.05) is 6.07 Å². The highest BCUT2D eigenvalue weighted by Crippen LogP contribution is 2.34. The second-order valence-corrected chi connectivity index (χ2v) is 5.79. The van der Waals surface area contributed by atoms with E-state index in [0.717, 1.165) is 0 Å². The molecule has 6 nitrogen and oxygen atoms in total. The molecule has 2 aliphatic rings. The van der Waals surface area contributed by atoms with Gasteiger partial charge >= 0.3 is 6.09 Å². The molecule has 0 radical (unpaired) electrons. The summed E-state index contributed by atoms with van der Waals surface area (Å²) in [6.07, 6.45) is 2.98. The lowest BCUT2D eigenvalue weighted by molar-refractivity contribution is 0.109. The lowest BCUT2D eigenvalue weighted by Gasteiger charge is -2.22. The molecule has 3 rings (SSSR count). The third-order valence-corrected chi connectivity index (χ3v) is 4.13. The van der Waals surface area contributed by atoms with Crippen LogP contribution in [0.5, 0.6) is 0 Å². The topological polar surface area (TPSA) is 75.5 Å². The Hall–Kier alpha value is -2.29. The summed E-state index contributed by atoms with van der Waals surface area (Å²) in [5.41, 5.74) is 2.04. The van der Waals surface area contributed by atoms with Crippen LogP contribution in [0.15, 0.2) is 35.9 Å². The maximum absolute atomic E-state index is 14.5. The van der Waals surface area contributed by atoms with Gasteiger partial charge in [-0.15, -0.1) is 0 Å². The van der Waals surface area contributed by atoms with Crippen molar-refractivity contribution in [2.75, 3.05) is 13.2 Å². The lowest BCUT2D eigenvalue weighted by Crippen LogP contribution is -2.26. The number of pyridine rings is 1. The third kappa shape index (κ3) is 3.30. The number of carbonyl (C=O) groups excluding carboxylic acids is 1. The number of amides is 1. The van der Waals surface area contributed by atoms with E-state index < -0.39 is 11.9 Å². The SMILES string of the molecule is N#Cc1ccc(C2=C(F)C=C(N3C[C@H](COP)OC3=O)CC2)cn1. The summed E-state index contributed by atoms with van der Waals surface area (Å²) in [7, 11) is 2.11. The van der Waals surface area contributed by atoms with Crippen molar-refractivity contribution in [1.29, 1.82) is 5.26 Å². The maximum Gasteiger partial charge on any atom is 0.414 e. The zero-order valence-corrected chi connectivity index (χ0v) is 13.9. The van der Waals surface area contributed by atoms with Gasteiger partial charge in [-0.25, -0.2) is 14.2 Å². The number of ether oxygens (including phenoxy) is 1. The zero-order valence-electron chi connectivity index (χ0n) is 12.7. The second kappa shape index (κ2) is 7.08. The van der Waals surface area contributed by atoms with Crippen LogP contribution >= 0.6 is 9.47 Å². The van der Waals surface area contributed by atoms with Crippen LogP contribution in [0, 0.1) is 11.3 Å². The van der Waals surface area contributed by atoms with Crippen molar-refractivity contribution in [3.8, 4) is 6.07 Å². The van der Waals surface area contributed by atoms with Crippen molar-refractivity contribution in [2.45, 2.75) is 18.9 Å². The van der Waals surface area contributed by atoms with Crippen molar-refractivity contribution < 1.29 is 18.4 Å². The fourth-order valence-corrected chi connectivity index (χ4v) is 2.98. The van der Waals surface area contributed by atoms with Gasteiger partial charge in [-0.2, -0.15) is 5.26 Å². The number of allylic oxidation sites excluding steroid dienone is 4. The molecule has 124 valence electrons. The first-order valence-electron chi connectivity index (χ1n) is 7.38. The molecular formula is C16H15FN3O3P. The lowest BCUT2D eigenvalue weighted by atomic mass is 9.95. The average Bonchev–Trinajstić information content (AvgIpc) is 2.96. The molecule has 0 bridgehead atoms. The van der Waals surface area contributed by atoms with E-state index in [4.69, 9.17) is 14.5 Å². The molecule has 0 N–H and O–H groups in total. The van der Waals surface area contributed by atoms with E-state index in [1.807, 2.05) is 6.07 Å². The number of hydrogen-bond acceptors (Lipinski definition) is 5. The molecule has 0 spiro atoms. The largest absolute Gasteiger partial charge is 0.441 e. The molecule has 1 unspecified atom stereocenters. The smallest absolute Gasteiger partial charge is 0.414 e. The van der Waals surface area contributed by atoms with E-state index in [0.29, 0.717) is 36.2 Å². The summed E-state index contributed by atoms with van der Waals surface area (Å²) in [6.45, 7) is 0.626. The zero-order chi connectivity index (χ0) is 17.1. The van der Waals surface area contributed by atoms with Gasteiger partial charge in [0, 0.05) is 21.4 Å². The Labute approximate surface area is 140 Å². The summed E-state index contributed by atoms with van der Waals surface area (Å²) in [4.78, 5) is 17.3. The van der Waals surface area contributed by atoms with Crippen molar-refractivity contribution in [2.24, 2.45) is 0 Å². The molecule has 8 heteroatoms. The maximum atomic E-state index is 14.5. The summed E-state index contributed by atoms with van der Waals surface area (Å²) in [6, 6.07) is 5.16. The number of carbonyl (C=O) groups is 1. The van der Waals surface area contributed by atoms with Crippen molar-refractivity contribution in [3.63, 3.8) is 0 Å². The molecule has 0 saturated carbocycles. The standard InChI is InChI=1S/C16H15FN3O3P/c17-15-5-12(20-8-13(9-22-24)23-16(20)21)3-4-14(15)10-1-2-11(6-18)19-7-10/h1-2,5,7,13H,3-4,8-9,24H2/t13-/m1/s1. The molecule has 1 aliphatic heterocycles. The second-order valence-electron chi connectivity index (χ2n) is 5.46. The predicted octanol–water partition coefficient (Wildman–Crippen LogP) is 2.94. The summed E-state index contributed by atoms with van der Waals surface area (Å²) < 4.78 is 24.6. The van der Waals surface area contributed by atoms with Gasteiger partial charge in [-0.05, 0) is 36.1 Å². The van der Waals surface area contributed by atoms with Gasteiger partial charge in [0.2, 0.25) is 0 Å². The van der Waals surface area contributed by atoms with Crippen molar-refractivity contribution in [3.05, 3.63) is 47.2 Å². The first-order valence-corrected chi connectivity index (χ1v) is 7.85. The number of nitrogens with zero attached hydrogens (tertiary/aromatic N) is 3. The molecule has 1 aliphatic carbocycles. The first-order chi connectivity index (χ1) is 11.6. The molecule has 1 aromatic rings. The van der Waals surface area contributed by atoms with Crippen LogP contribution in [0.2, 0.25) is 0 Å². The van der Waals surface area contributed by atoms with Crippen molar-refractivity contribution >= 4 is 21.1 Å². The monoisotopic (exact) mass is 347 g/mol. The van der Waals surface area contributed by atoms with Gasteiger partial charge in [0.05, 0.1) is 13.2 Å². The van der Waals surface area contributed by atoms with E-state index in [9.17, 15) is 9.18 Å². The number of nitriles is 1. The Morgan fingerprint density at radius 2 is 2.33 bits per heavy atom. The fourth-order valence-electron chi connectivity index (χ4n) is 2.76. The van der Waals surface area contributed by atoms with Crippen LogP contribution in [-0.2, 0) is 9.26 Å². The van der Waals surface area contributed by atoms with Crippen LogP contribution in [0.1, 0.15) is 24.1 Å². The minimum atomic E-state index is -0.482. The van der Waals surface area contributed by atoms with Gasteiger partial charge in [0.1, 0.15) is 23.7 Å². The van der Waals surface area contributed by atoms with Crippen LogP contribution in [0.3, 0.4) is 0 Å². The molecule has 1 aromatic heterocycles. The van der Waals surface area contributed by atoms with Crippen LogP contribution in [0.4, 0.5) is 9.18 Å². The molecule has 1 saturated heterocycles. The summed E-state index contributed by atoms with van der Waals surface area (Å²) in [5.74, 6) is -0.402. The normalized spacial score (nSPS) is 20.7. The predicted molar refractivity (Wildman–Crippen MR) is 86.9 cm³/mol. The van der Waals surface area contributed by atoms with Gasteiger partial charge in [-0.3, -0.25) is 4.90 Å². The summed E-state index contributed by atoms with van der Waals surface area (Å²) >= 11 is 0. The molecule has 2 atom stereocenters. The number of cyclic esters (lactones) is 1. The Bertz CT molecular complexity index is 755. The number of aromatic nitrogens is 1. The highest BCUT2D eigenvalue weighted by atomic mass is 31.0. The highest BCUT2D eigenvalue weighted by molar-refractivity contribution is 7.09. The Morgan fingerprint density at radius 3 is 2.96 bits per heavy atom. The van der Waals surface area contributed by atoms with Crippen LogP contribution in [0.25, 0.3) is 5.57 Å². The van der Waals surface area contributed by atoms with E-state index in [-0.39, 0.29) is 18.4 Å². The average molecular weight is 347 g/mol. The minimum absolute atomic E-state index is 0.278.